The second kappa shape index (κ2) is 7.46. The van der Waals surface area contributed by atoms with Crippen LogP contribution >= 0.6 is 0 Å². The molecule has 0 saturated carbocycles. The maximum absolute atomic E-state index is 5.64. The molecule has 0 spiro atoms. The van der Waals surface area contributed by atoms with Gasteiger partial charge in [-0.15, -0.1) is 6.58 Å². The lowest BCUT2D eigenvalue weighted by atomic mass is 9.98. The lowest BCUT2D eigenvalue weighted by molar-refractivity contribution is 0.172. The molecule has 1 atom stereocenters. The quantitative estimate of drug-likeness (QED) is 0.807. The van der Waals surface area contributed by atoms with E-state index in [1.54, 1.807) is 0 Å². The van der Waals surface area contributed by atoms with Gasteiger partial charge in [0, 0.05) is 32.2 Å². The SMILES string of the molecule is C=C(C)C[C@H](c1cccc(OCC)c1)N1CCNCC1. The van der Waals surface area contributed by atoms with E-state index in [-0.39, 0.29) is 0 Å². The molecule has 3 nitrogen and oxygen atoms in total. The molecule has 1 aliphatic heterocycles. The van der Waals surface area contributed by atoms with Crippen molar-refractivity contribution in [3.05, 3.63) is 42.0 Å². The summed E-state index contributed by atoms with van der Waals surface area (Å²) in [5, 5.41) is 3.42. The van der Waals surface area contributed by atoms with E-state index >= 15 is 0 Å². The fourth-order valence-electron chi connectivity index (χ4n) is 2.76. The number of piperazine rings is 1. The van der Waals surface area contributed by atoms with E-state index in [1.807, 2.05) is 13.0 Å². The molecule has 0 unspecified atom stereocenters. The Balaban J connectivity index is 2.20. The van der Waals surface area contributed by atoms with Crippen molar-refractivity contribution in [1.82, 2.24) is 10.2 Å². The van der Waals surface area contributed by atoms with Crippen LogP contribution in [-0.4, -0.2) is 37.7 Å². The zero-order chi connectivity index (χ0) is 14.4. The van der Waals surface area contributed by atoms with E-state index in [0.29, 0.717) is 12.6 Å². The molecule has 2 rings (SSSR count). The number of nitrogens with zero attached hydrogens (tertiary/aromatic N) is 1. The summed E-state index contributed by atoms with van der Waals surface area (Å²) in [6.45, 7) is 13.3. The van der Waals surface area contributed by atoms with Crippen molar-refractivity contribution >= 4 is 0 Å². The molecule has 1 aromatic carbocycles. The average Bonchev–Trinajstić information content (AvgIpc) is 2.46. The zero-order valence-electron chi connectivity index (χ0n) is 12.7. The van der Waals surface area contributed by atoms with Gasteiger partial charge in [0.25, 0.3) is 0 Å². The number of nitrogens with one attached hydrogen (secondary N) is 1. The van der Waals surface area contributed by atoms with E-state index in [4.69, 9.17) is 4.74 Å². The van der Waals surface area contributed by atoms with Crippen LogP contribution in [0.1, 0.15) is 31.9 Å². The lowest BCUT2D eigenvalue weighted by Crippen LogP contribution is -2.45. The summed E-state index contributed by atoms with van der Waals surface area (Å²) >= 11 is 0. The Hall–Kier alpha value is -1.32. The van der Waals surface area contributed by atoms with Gasteiger partial charge >= 0.3 is 0 Å². The van der Waals surface area contributed by atoms with Crippen LogP contribution in [0.15, 0.2) is 36.4 Å². The van der Waals surface area contributed by atoms with Gasteiger partial charge in [0.05, 0.1) is 6.61 Å². The van der Waals surface area contributed by atoms with Gasteiger partial charge in [0.2, 0.25) is 0 Å². The van der Waals surface area contributed by atoms with Crippen LogP contribution in [0.4, 0.5) is 0 Å². The minimum absolute atomic E-state index is 0.412. The highest BCUT2D eigenvalue weighted by molar-refractivity contribution is 5.31. The Morgan fingerprint density at radius 1 is 1.40 bits per heavy atom. The largest absolute Gasteiger partial charge is 0.494 e. The Morgan fingerprint density at radius 3 is 2.80 bits per heavy atom. The van der Waals surface area contributed by atoms with Gasteiger partial charge in [-0.3, -0.25) is 4.90 Å². The standard InChI is InChI=1S/C17H26N2O/c1-4-20-16-7-5-6-15(13-16)17(12-14(2)3)19-10-8-18-9-11-19/h5-7,13,17-18H,2,4,8-12H2,1,3H3/t17-/m1/s1. The highest BCUT2D eigenvalue weighted by atomic mass is 16.5. The summed E-state index contributed by atoms with van der Waals surface area (Å²) in [7, 11) is 0. The first-order valence-electron chi connectivity index (χ1n) is 7.52. The van der Waals surface area contributed by atoms with Crippen molar-refractivity contribution in [2.45, 2.75) is 26.3 Å². The maximum Gasteiger partial charge on any atom is 0.119 e. The number of hydrogen-bond donors (Lipinski definition) is 1. The van der Waals surface area contributed by atoms with E-state index in [1.165, 1.54) is 11.1 Å². The average molecular weight is 274 g/mol. The molecule has 0 aliphatic carbocycles. The zero-order valence-corrected chi connectivity index (χ0v) is 12.7. The number of ether oxygens (including phenoxy) is 1. The summed E-state index contributed by atoms with van der Waals surface area (Å²) in [4.78, 5) is 2.55. The van der Waals surface area contributed by atoms with Crippen LogP contribution in [0.25, 0.3) is 0 Å². The molecular formula is C17H26N2O. The van der Waals surface area contributed by atoms with Crippen molar-refractivity contribution < 1.29 is 4.74 Å². The molecular weight excluding hydrogens is 248 g/mol. The summed E-state index contributed by atoms with van der Waals surface area (Å²) in [5.74, 6) is 0.965. The Kier molecular flexibility index (Phi) is 5.62. The second-order valence-corrected chi connectivity index (χ2v) is 5.47. The van der Waals surface area contributed by atoms with Crippen molar-refractivity contribution in [2.24, 2.45) is 0 Å². The van der Waals surface area contributed by atoms with Gasteiger partial charge in [-0.2, -0.15) is 0 Å². The van der Waals surface area contributed by atoms with Gasteiger partial charge in [-0.05, 0) is 38.0 Å². The Bertz CT molecular complexity index is 438. The van der Waals surface area contributed by atoms with E-state index in [2.05, 4.69) is 41.9 Å². The number of benzene rings is 1. The van der Waals surface area contributed by atoms with Crippen LogP contribution in [-0.2, 0) is 0 Å². The third-order valence-corrected chi connectivity index (χ3v) is 3.69. The first kappa shape index (κ1) is 15.1. The smallest absolute Gasteiger partial charge is 0.119 e. The molecule has 0 bridgehead atoms. The van der Waals surface area contributed by atoms with Crippen molar-refractivity contribution in [3.8, 4) is 5.75 Å². The molecule has 110 valence electrons. The molecule has 1 saturated heterocycles. The second-order valence-electron chi connectivity index (χ2n) is 5.47. The van der Waals surface area contributed by atoms with Crippen LogP contribution in [0.2, 0.25) is 0 Å². The normalized spacial score (nSPS) is 17.7. The monoisotopic (exact) mass is 274 g/mol. The van der Waals surface area contributed by atoms with Crippen LogP contribution in [0.5, 0.6) is 5.75 Å². The number of rotatable bonds is 6. The minimum Gasteiger partial charge on any atom is -0.494 e. The third-order valence-electron chi connectivity index (χ3n) is 3.69. The van der Waals surface area contributed by atoms with Crippen molar-refractivity contribution in [3.63, 3.8) is 0 Å². The summed E-state index contributed by atoms with van der Waals surface area (Å²) < 4.78 is 5.64. The number of hydrogen-bond acceptors (Lipinski definition) is 3. The minimum atomic E-state index is 0.412. The molecule has 1 aliphatic rings. The molecule has 0 amide bonds. The predicted molar refractivity (Wildman–Crippen MR) is 84.2 cm³/mol. The third kappa shape index (κ3) is 4.09. The fourth-order valence-corrected chi connectivity index (χ4v) is 2.76. The predicted octanol–water partition coefficient (Wildman–Crippen LogP) is 3.00. The van der Waals surface area contributed by atoms with Gasteiger partial charge in [0.1, 0.15) is 5.75 Å². The van der Waals surface area contributed by atoms with E-state index < -0.39 is 0 Å². The van der Waals surface area contributed by atoms with Gasteiger partial charge in [-0.1, -0.05) is 17.7 Å². The van der Waals surface area contributed by atoms with Crippen LogP contribution in [0.3, 0.4) is 0 Å². The molecule has 0 radical (unpaired) electrons. The van der Waals surface area contributed by atoms with Gasteiger partial charge in [0.15, 0.2) is 0 Å². The highest BCUT2D eigenvalue weighted by Gasteiger charge is 2.22. The molecule has 1 aromatic rings. The summed E-state index contributed by atoms with van der Waals surface area (Å²) in [6, 6.07) is 8.92. The van der Waals surface area contributed by atoms with Crippen molar-refractivity contribution in [1.29, 1.82) is 0 Å². The topological polar surface area (TPSA) is 24.5 Å². The summed E-state index contributed by atoms with van der Waals surface area (Å²) in [5.41, 5.74) is 2.57. The van der Waals surface area contributed by atoms with E-state index in [9.17, 15) is 0 Å². The maximum atomic E-state index is 5.64. The first-order chi connectivity index (χ1) is 9.70. The van der Waals surface area contributed by atoms with E-state index in [0.717, 1.165) is 38.3 Å². The first-order valence-corrected chi connectivity index (χ1v) is 7.52. The van der Waals surface area contributed by atoms with Gasteiger partial charge in [-0.25, -0.2) is 0 Å². The molecule has 0 aromatic heterocycles. The lowest BCUT2D eigenvalue weighted by Gasteiger charge is -2.35. The molecule has 1 N–H and O–H groups in total. The van der Waals surface area contributed by atoms with Crippen LogP contribution in [0, 0.1) is 0 Å². The fraction of sp³-hybridized carbons (Fsp3) is 0.529. The molecule has 3 heteroatoms. The Labute approximate surface area is 122 Å². The molecule has 1 heterocycles. The van der Waals surface area contributed by atoms with Gasteiger partial charge < -0.3 is 10.1 Å². The molecule has 20 heavy (non-hydrogen) atoms. The summed E-state index contributed by atoms with van der Waals surface area (Å²) in [6.07, 6.45) is 1.01. The Morgan fingerprint density at radius 2 is 2.15 bits per heavy atom. The molecule has 1 fully saturated rings. The van der Waals surface area contributed by atoms with Crippen LogP contribution < -0.4 is 10.1 Å². The highest BCUT2D eigenvalue weighted by Crippen LogP contribution is 2.29. The van der Waals surface area contributed by atoms with Crippen molar-refractivity contribution in [2.75, 3.05) is 32.8 Å².